The molecule has 2 aromatic carbocycles. The quantitative estimate of drug-likeness (QED) is 0.872. The minimum absolute atomic E-state index is 0.0953. The SMILES string of the molecule is C=CC(=O)N1CCc2ccc(NC(=O)c3ccc(F)cc3C)cc2C1. The van der Waals surface area contributed by atoms with Crippen LogP contribution >= 0.6 is 0 Å². The number of hydrogen-bond donors (Lipinski definition) is 1. The molecule has 0 fully saturated rings. The van der Waals surface area contributed by atoms with Gasteiger partial charge < -0.3 is 10.2 Å². The van der Waals surface area contributed by atoms with Gasteiger partial charge in [-0.1, -0.05) is 12.6 Å². The number of hydrogen-bond acceptors (Lipinski definition) is 2. The van der Waals surface area contributed by atoms with Crippen molar-refractivity contribution in [2.75, 3.05) is 11.9 Å². The molecular weight excluding hydrogens is 319 g/mol. The number of anilines is 1. The Balaban J connectivity index is 1.79. The van der Waals surface area contributed by atoms with E-state index in [1.165, 1.54) is 29.8 Å². The summed E-state index contributed by atoms with van der Waals surface area (Å²) in [4.78, 5) is 25.9. The molecule has 3 rings (SSSR count). The first-order valence-electron chi connectivity index (χ1n) is 8.08. The van der Waals surface area contributed by atoms with Crippen molar-refractivity contribution in [2.24, 2.45) is 0 Å². The van der Waals surface area contributed by atoms with E-state index >= 15 is 0 Å². The number of fused-ring (bicyclic) bond motifs is 1. The van der Waals surface area contributed by atoms with E-state index in [2.05, 4.69) is 11.9 Å². The molecule has 5 heteroatoms. The first-order valence-corrected chi connectivity index (χ1v) is 8.08. The molecule has 25 heavy (non-hydrogen) atoms. The molecule has 1 heterocycles. The fourth-order valence-corrected chi connectivity index (χ4v) is 3.03. The Bertz CT molecular complexity index is 861. The number of carbonyl (C=O) groups excluding carboxylic acids is 2. The van der Waals surface area contributed by atoms with Crippen LogP contribution in [0.15, 0.2) is 49.1 Å². The third-order valence-corrected chi connectivity index (χ3v) is 4.40. The zero-order valence-corrected chi connectivity index (χ0v) is 14.0. The number of amides is 2. The number of nitrogens with zero attached hydrogens (tertiary/aromatic N) is 1. The first kappa shape index (κ1) is 16.9. The summed E-state index contributed by atoms with van der Waals surface area (Å²) in [5.41, 5.74) is 3.85. The molecule has 0 atom stereocenters. The average molecular weight is 338 g/mol. The topological polar surface area (TPSA) is 49.4 Å². The van der Waals surface area contributed by atoms with Crippen molar-refractivity contribution in [3.8, 4) is 0 Å². The molecule has 0 bridgehead atoms. The van der Waals surface area contributed by atoms with Gasteiger partial charge in [-0.05, 0) is 66.4 Å². The van der Waals surface area contributed by atoms with E-state index in [1.807, 2.05) is 18.2 Å². The maximum Gasteiger partial charge on any atom is 0.255 e. The normalized spacial score (nSPS) is 13.1. The predicted molar refractivity (Wildman–Crippen MR) is 94.9 cm³/mol. The van der Waals surface area contributed by atoms with E-state index in [0.717, 1.165) is 12.0 Å². The standard InChI is InChI=1S/C20H19FN2O2/c1-3-19(24)23-9-8-14-4-6-17(11-15(14)12-23)22-20(25)18-7-5-16(21)10-13(18)2/h3-7,10-11H,1,8-9,12H2,2H3,(H,22,25). The third-order valence-electron chi connectivity index (χ3n) is 4.40. The van der Waals surface area contributed by atoms with Gasteiger partial charge in [0.2, 0.25) is 5.91 Å². The Morgan fingerprint density at radius 2 is 2.00 bits per heavy atom. The van der Waals surface area contributed by atoms with E-state index in [-0.39, 0.29) is 17.6 Å². The van der Waals surface area contributed by atoms with E-state index in [1.54, 1.807) is 11.8 Å². The van der Waals surface area contributed by atoms with Crippen LogP contribution in [-0.4, -0.2) is 23.3 Å². The Morgan fingerprint density at radius 3 is 2.72 bits per heavy atom. The number of benzene rings is 2. The van der Waals surface area contributed by atoms with Crippen LogP contribution in [0, 0.1) is 12.7 Å². The predicted octanol–water partition coefficient (Wildman–Crippen LogP) is 3.46. The minimum Gasteiger partial charge on any atom is -0.335 e. The van der Waals surface area contributed by atoms with Crippen molar-refractivity contribution in [2.45, 2.75) is 19.9 Å². The number of nitrogens with one attached hydrogen (secondary N) is 1. The largest absolute Gasteiger partial charge is 0.335 e. The molecule has 1 aliphatic rings. The van der Waals surface area contributed by atoms with Gasteiger partial charge in [-0.3, -0.25) is 9.59 Å². The highest BCUT2D eigenvalue weighted by molar-refractivity contribution is 6.05. The van der Waals surface area contributed by atoms with Gasteiger partial charge in [-0.25, -0.2) is 4.39 Å². The van der Waals surface area contributed by atoms with Crippen molar-refractivity contribution in [1.29, 1.82) is 0 Å². The summed E-state index contributed by atoms with van der Waals surface area (Å²) in [6.45, 7) is 6.38. The molecule has 1 aliphatic heterocycles. The van der Waals surface area contributed by atoms with Crippen LogP contribution in [0.5, 0.6) is 0 Å². The number of carbonyl (C=O) groups is 2. The minimum atomic E-state index is -0.366. The van der Waals surface area contributed by atoms with Crippen molar-refractivity contribution in [1.82, 2.24) is 4.90 Å². The molecule has 0 unspecified atom stereocenters. The molecule has 0 radical (unpaired) electrons. The number of halogens is 1. The Morgan fingerprint density at radius 1 is 1.20 bits per heavy atom. The lowest BCUT2D eigenvalue weighted by Crippen LogP contribution is -2.34. The lowest BCUT2D eigenvalue weighted by Gasteiger charge is -2.28. The van der Waals surface area contributed by atoms with Gasteiger partial charge in [0, 0.05) is 24.3 Å². The molecule has 1 N–H and O–H groups in total. The van der Waals surface area contributed by atoms with Crippen LogP contribution in [0.1, 0.15) is 27.0 Å². The van der Waals surface area contributed by atoms with E-state index in [9.17, 15) is 14.0 Å². The fourth-order valence-electron chi connectivity index (χ4n) is 3.03. The average Bonchev–Trinajstić information content (AvgIpc) is 2.60. The van der Waals surface area contributed by atoms with E-state index in [0.29, 0.717) is 29.9 Å². The summed E-state index contributed by atoms with van der Waals surface area (Å²) in [5, 5.41) is 2.84. The molecule has 0 aliphatic carbocycles. The Kier molecular flexibility index (Phi) is 4.65. The number of aryl methyl sites for hydroxylation is 1. The van der Waals surface area contributed by atoms with Gasteiger partial charge in [-0.15, -0.1) is 0 Å². The van der Waals surface area contributed by atoms with Gasteiger partial charge in [0.25, 0.3) is 5.91 Å². The second kappa shape index (κ2) is 6.89. The molecule has 2 amide bonds. The first-order chi connectivity index (χ1) is 12.0. The fraction of sp³-hybridized carbons (Fsp3) is 0.200. The van der Waals surface area contributed by atoms with E-state index in [4.69, 9.17) is 0 Å². The van der Waals surface area contributed by atoms with Crippen molar-refractivity contribution in [3.63, 3.8) is 0 Å². The van der Waals surface area contributed by atoms with Gasteiger partial charge in [0.1, 0.15) is 5.82 Å². The molecular formula is C20H19FN2O2. The molecule has 0 spiro atoms. The molecule has 0 saturated carbocycles. The van der Waals surface area contributed by atoms with Crippen LogP contribution in [-0.2, 0) is 17.8 Å². The van der Waals surface area contributed by atoms with Crippen LogP contribution in [0.25, 0.3) is 0 Å². The Hall–Kier alpha value is -2.95. The molecule has 0 saturated heterocycles. The second-order valence-electron chi connectivity index (χ2n) is 6.11. The highest BCUT2D eigenvalue weighted by atomic mass is 19.1. The third kappa shape index (κ3) is 3.60. The maximum absolute atomic E-state index is 13.2. The Labute approximate surface area is 146 Å². The molecule has 4 nitrogen and oxygen atoms in total. The van der Waals surface area contributed by atoms with Crippen LogP contribution in [0.2, 0.25) is 0 Å². The van der Waals surface area contributed by atoms with E-state index < -0.39 is 0 Å². The smallest absolute Gasteiger partial charge is 0.255 e. The zero-order chi connectivity index (χ0) is 18.0. The van der Waals surface area contributed by atoms with Crippen molar-refractivity contribution < 1.29 is 14.0 Å². The van der Waals surface area contributed by atoms with Gasteiger partial charge >= 0.3 is 0 Å². The molecule has 2 aromatic rings. The number of rotatable bonds is 3. The molecule has 0 aromatic heterocycles. The summed E-state index contributed by atoms with van der Waals surface area (Å²) in [7, 11) is 0. The summed E-state index contributed by atoms with van der Waals surface area (Å²) in [6.07, 6.45) is 2.09. The van der Waals surface area contributed by atoms with Crippen molar-refractivity contribution in [3.05, 3.63) is 77.1 Å². The highest BCUT2D eigenvalue weighted by Gasteiger charge is 2.19. The zero-order valence-electron chi connectivity index (χ0n) is 14.0. The monoisotopic (exact) mass is 338 g/mol. The van der Waals surface area contributed by atoms with Gasteiger partial charge in [0.15, 0.2) is 0 Å². The lowest BCUT2D eigenvalue weighted by molar-refractivity contribution is -0.126. The maximum atomic E-state index is 13.2. The van der Waals surface area contributed by atoms with Gasteiger partial charge in [0.05, 0.1) is 0 Å². The highest BCUT2D eigenvalue weighted by Crippen LogP contribution is 2.23. The lowest BCUT2D eigenvalue weighted by atomic mass is 9.98. The van der Waals surface area contributed by atoms with Crippen molar-refractivity contribution >= 4 is 17.5 Å². The summed E-state index contributed by atoms with van der Waals surface area (Å²) >= 11 is 0. The summed E-state index contributed by atoms with van der Waals surface area (Å²) in [5.74, 6) is -0.746. The summed E-state index contributed by atoms with van der Waals surface area (Å²) in [6, 6.07) is 9.78. The van der Waals surface area contributed by atoms with Crippen LogP contribution in [0.3, 0.4) is 0 Å². The van der Waals surface area contributed by atoms with Crippen LogP contribution in [0.4, 0.5) is 10.1 Å². The summed E-state index contributed by atoms with van der Waals surface area (Å²) < 4.78 is 13.2. The van der Waals surface area contributed by atoms with Crippen LogP contribution < -0.4 is 5.32 Å². The second-order valence-corrected chi connectivity index (χ2v) is 6.11. The molecule has 128 valence electrons. The van der Waals surface area contributed by atoms with Gasteiger partial charge in [-0.2, -0.15) is 0 Å².